The Labute approximate surface area is 104 Å². The number of aromatic nitrogens is 2. The molecular weight excluding hydrogens is 230 g/mol. The minimum atomic E-state index is -0.233. The molecule has 5 heteroatoms. The SMILES string of the molecule is CCCNC(=O)Cc1n[nH]c(=O)c2ccccc12. The number of rotatable bonds is 4. The van der Waals surface area contributed by atoms with E-state index < -0.39 is 0 Å². The van der Waals surface area contributed by atoms with Gasteiger partial charge in [-0.3, -0.25) is 9.59 Å². The van der Waals surface area contributed by atoms with Gasteiger partial charge in [-0.15, -0.1) is 0 Å². The van der Waals surface area contributed by atoms with Crippen LogP contribution in [0.25, 0.3) is 10.8 Å². The van der Waals surface area contributed by atoms with Crippen LogP contribution >= 0.6 is 0 Å². The second-order valence-corrected chi connectivity index (χ2v) is 4.07. The molecule has 94 valence electrons. The Kier molecular flexibility index (Phi) is 3.72. The number of nitrogens with zero attached hydrogens (tertiary/aromatic N) is 1. The highest BCUT2D eigenvalue weighted by Crippen LogP contribution is 2.12. The molecule has 1 amide bonds. The second kappa shape index (κ2) is 5.44. The first-order valence-electron chi connectivity index (χ1n) is 5.95. The number of amides is 1. The number of hydrogen-bond donors (Lipinski definition) is 2. The number of aromatic amines is 1. The third-order valence-electron chi connectivity index (χ3n) is 2.68. The Morgan fingerprint density at radius 3 is 2.78 bits per heavy atom. The highest BCUT2D eigenvalue weighted by Gasteiger charge is 2.09. The van der Waals surface area contributed by atoms with E-state index in [1.807, 2.05) is 13.0 Å². The fourth-order valence-corrected chi connectivity index (χ4v) is 1.79. The van der Waals surface area contributed by atoms with Crippen molar-refractivity contribution in [2.75, 3.05) is 6.54 Å². The number of benzene rings is 1. The normalized spacial score (nSPS) is 10.5. The van der Waals surface area contributed by atoms with Crippen molar-refractivity contribution in [3.8, 4) is 0 Å². The molecule has 0 unspecified atom stereocenters. The lowest BCUT2D eigenvalue weighted by atomic mass is 10.1. The van der Waals surface area contributed by atoms with Gasteiger partial charge in [0.05, 0.1) is 17.5 Å². The second-order valence-electron chi connectivity index (χ2n) is 4.07. The fraction of sp³-hybridized carbons (Fsp3) is 0.308. The van der Waals surface area contributed by atoms with Crippen LogP contribution in [-0.4, -0.2) is 22.6 Å². The molecule has 1 aromatic heterocycles. The molecule has 5 nitrogen and oxygen atoms in total. The molecule has 0 saturated carbocycles. The molecule has 2 rings (SSSR count). The standard InChI is InChI=1S/C13H15N3O2/c1-2-7-14-12(17)8-11-9-5-3-4-6-10(9)13(18)16-15-11/h3-6H,2,7-8H2,1H3,(H,14,17)(H,16,18). The molecule has 18 heavy (non-hydrogen) atoms. The number of nitrogens with one attached hydrogen (secondary N) is 2. The van der Waals surface area contributed by atoms with E-state index in [1.165, 1.54) is 0 Å². The van der Waals surface area contributed by atoms with Gasteiger partial charge in [0.2, 0.25) is 5.91 Å². The van der Waals surface area contributed by atoms with Gasteiger partial charge in [-0.05, 0) is 12.5 Å². The Bertz CT molecular complexity index is 619. The number of H-pyrrole nitrogens is 1. The lowest BCUT2D eigenvalue weighted by Gasteiger charge is -2.05. The average molecular weight is 245 g/mol. The maximum atomic E-state index is 11.7. The maximum absolute atomic E-state index is 11.7. The molecule has 0 saturated heterocycles. The fourth-order valence-electron chi connectivity index (χ4n) is 1.79. The molecule has 2 aromatic rings. The van der Waals surface area contributed by atoms with E-state index in [0.29, 0.717) is 17.6 Å². The summed E-state index contributed by atoms with van der Waals surface area (Å²) in [5.41, 5.74) is 0.363. The van der Waals surface area contributed by atoms with Gasteiger partial charge < -0.3 is 5.32 Å². The van der Waals surface area contributed by atoms with Crippen LogP contribution in [0.1, 0.15) is 19.0 Å². The molecule has 0 aliphatic carbocycles. The van der Waals surface area contributed by atoms with E-state index in [0.717, 1.165) is 11.8 Å². The smallest absolute Gasteiger partial charge is 0.272 e. The van der Waals surface area contributed by atoms with Gasteiger partial charge in [-0.25, -0.2) is 5.10 Å². The van der Waals surface area contributed by atoms with Gasteiger partial charge >= 0.3 is 0 Å². The van der Waals surface area contributed by atoms with Gasteiger partial charge in [-0.1, -0.05) is 25.1 Å². The Hall–Kier alpha value is -2.17. The van der Waals surface area contributed by atoms with Crippen LogP contribution < -0.4 is 10.9 Å². The first-order valence-corrected chi connectivity index (χ1v) is 5.95. The average Bonchev–Trinajstić information content (AvgIpc) is 2.40. The molecule has 0 aliphatic rings. The lowest BCUT2D eigenvalue weighted by Crippen LogP contribution is -2.26. The van der Waals surface area contributed by atoms with Crippen LogP contribution in [0.4, 0.5) is 0 Å². The summed E-state index contributed by atoms with van der Waals surface area (Å²) in [6, 6.07) is 7.15. The Morgan fingerprint density at radius 2 is 2.06 bits per heavy atom. The molecule has 2 N–H and O–H groups in total. The van der Waals surface area contributed by atoms with Gasteiger partial charge in [0, 0.05) is 11.9 Å². The van der Waals surface area contributed by atoms with Crippen molar-refractivity contribution in [2.45, 2.75) is 19.8 Å². The number of carbonyl (C=O) groups is 1. The van der Waals surface area contributed by atoms with Crippen LogP contribution in [0.15, 0.2) is 29.1 Å². The van der Waals surface area contributed by atoms with Crippen molar-refractivity contribution in [2.24, 2.45) is 0 Å². The molecule has 0 bridgehead atoms. The van der Waals surface area contributed by atoms with Gasteiger partial charge in [0.1, 0.15) is 0 Å². The summed E-state index contributed by atoms with van der Waals surface area (Å²) in [7, 11) is 0. The summed E-state index contributed by atoms with van der Waals surface area (Å²) in [5.74, 6) is -0.0819. The minimum absolute atomic E-state index is 0.0819. The molecule has 0 radical (unpaired) electrons. The highest BCUT2D eigenvalue weighted by atomic mass is 16.1. The molecule has 1 aromatic carbocycles. The van der Waals surface area contributed by atoms with Crippen LogP contribution in [0.5, 0.6) is 0 Å². The van der Waals surface area contributed by atoms with E-state index in [2.05, 4.69) is 15.5 Å². The Morgan fingerprint density at radius 1 is 1.33 bits per heavy atom. The van der Waals surface area contributed by atoms with Crippen molar-refractivity contribution in [1.82, 2.24) is 15.5 Å². The van der Waals surface area contributed by atoms with E-state index in [4.69, 9.17) is 0 Å². The minimum Gasteiger partial charge on any atom is -0.356 e. The van der Waals surface area contributed by atoms with Crippen molar-refractivity contribution in [1.29, 1.82) is 0 Å². The summed E-state index contributed by atoms with van der Waals surface area (Å²) in [6.07, 6.45) is 1.07. The van der Waals surface area contributed by atoms with Crippen LogP contribution in [0, 0.1) is 0 Å². The first-order chi connectivity index (χ1) is 8.72. The van der Waals surface area contributed by atoms with E-state index in [1.54, 1.807) is 18.2 Å². The first kappa shape index (κ1) is 12.3. The highest BCUT2D eigenvalue weighted by molar-refractivity contribution is 5.88. The van der Waals surface area contributed by atoms with E-state index in [9.17, 15) is 9.59 Å². The molecular formula is C13H15N3O2. The third kappa shape index (κ3) is 2.56. The number of carbonyl (C=O) groups excluding carboxylic acids is 1. The van der Waals surface area contributed by atoms with Crippen LogP contribution in [0.3, 0.4) is 0 Å². The van der Waals surface area contributed by atoms with Crippen molar-refractivity contribution in [3.05, 3.63) is 40.3 Å². The summed E-state index contributed by atoms with van der Waals surface area (Å²) in [4.78, 5) is 23.2. The van der Waals surface area contributed by atoms with Crippen LogP contribution in [0.2, 0.25) is 0 Å². The summed E-state index contributed by atoms with van der Waals surface area (Å²) in [5, 5.41) is 10.5. The largest absolute Gasteiger partial charge is 0.356 e. The van der Waals surface area contributed by atoms with Gasteiger partial charge in [0.15, 0.2) is 0 Å². The van der Waals surface area contributed by atoms with Crippen molar-refractivity contribution < 1.29 is 4.79 Å². The lowest BCUT2D eigenvalue weighted by molar-refractivity contribution is -0.120. The molecule has 0 atom stereocenters. The van der Waals surface area contributed by atoms with Crippen LogP contribution in [-0.2, 0) is 11.2 Å². The molecule has 0 aliphatic heterocycles. The van der Waals surface area contributed by atoms with Crippen molar-refractivity contribution >= 4 is 16.7 Å². The van der Waals surface area contributed by atoms with E-state index in [-0.39, 0.29) is 17.9 Å². The summed E-state index contributed by atoms with van der Waals surface area (Å²) in [6.45, 7) is 2.65. The maximum Gasteiger partial charge on any atom is 0.272 e. The topological polar surface area (TPSA) is 74.8 Å². The zero-order valence-electron chi connectivity index (χ0n) is 10.2. The zero-order chi connectivity index (χ0) is 13.0. The summed E-state index contributed by atoms with van der Waals surface area (Å²) < 4.78 is 0. The predicted molar refractivity (Wildman–Crippen MR) is 69.4 cm³/mol. The summed E-state index contributed by atoms with van der Waals surface area (Å²) >= 11 is 0. The van der Waals surface area contributed by atoms with Gasteiger partial charge in [0.25, 0.3) is 5.56 Å². The molecule has 1 heterocycles. The molecule has 0 spiro atoms. The number of fused-ring (bicyclic) bond motifs is 1. The quantitative estimate of drug-likeness (QED) is 0.843. The molecule has 0 fully saturated rings. The third-order valence-corrected chi connectivity index (χ3v) is 2.68. The van der Waals surface area contributed by atoms with Gasteiger partial charge in [-0.2, -0.15) is 5.10 Å². The number of hydrogen-bond acceptors (Lipinski definition) is 3. The monoisotopic (exact) mass is 245 g/mol. The zero-order valence-corrected chi connectivity index (χ0v) is 10.2. The van der Waals surface area contributed by atoms with Crippen molar-refractivity contribution in [3.63, 3.8) is 0 Å². The predicted octanol–water partition coefficient (Wildman–Crippen LogP) is 0.992. The Balaban J connectivity index is 2.32. The van der Waals surface area contributed by atoms with E-state index >= 15 is 0 Å².